The first-order chi connectivity index (χ1) is 13.0. The molecule has 0 bridgehead atoms. The molecule has 3 aromatic rings. The lowest BCUT2D eigenvalue weighted by Gasteiger charge is -2.30. The van der Waals surface area contributed by atoms with Crippen LogP contribution in [0.4, 0.5) is 5.69 Å². The molecule has 142 valence electrons. The molecule has 5 nitrogen and oxygen atoms in total. The molecule has 0 aliphatic carbocycles. The Labute approximate surface area is 161 Å². The van der Waals surface area contributed by atoms with Crippen molar-refractivity contribution in [3.63, 3.8) is 0 Å². The molecule has 0 aliphatic heterocycles. The van der Waals surface area contributed by atoms with E-state index in [-0.39, 0.29) is 0 Å². The highest BCUT2D eigenvalue weighted by Crippen LogP contribution is 2.33. The van der Waals surface area contributed by atoms with Crippen molar-refractivity contribution < 1.29 is 0 Å². The summed E-state index contributed by atoms with van der Waals surface area (Å²) >= 11 is 0. The van der Waals surface area contributed by atoms with Crippen LogP contribution in [0.3, 0.4) is 0 Å². The number of anilines is 1. The summed E-state index contributed by atoms with van der Waals surface area (Å²) in [6.45, 7) is 13.4. The van der Waals surface area contributed by atoms with E-state index in [4.69, 9.17) is 0 Å². The predicted molar refractivity (Wildman–Crippen MR) is 112 cm³/mol. The Morgan fingerprint density at radius 2 is 1.59 bits per heavy atom. The fourth-order valence-electron chi connectivity index (χ4n) is 3.54. The molecule has 0 amide bonds. The minimum absolute atomic E-state index is 0.619. The van der Waals surface area contributed by atoms with Crippen molar-refractivity contribution in [1.29, 1.82) is 0 Å². The fraction of sp³-hybridized carbons (Fsp3) is 0.409. The summed E-state index contributed by atoms with van der Waals surface area (Å²) in [5.74, 6) is 1.87. The number of aromatic amines is 1. The molecule has 0 saturated heterocycles. The van der Waals surface area contributed by atoms with E-state index in [9.17, 15) is 0 Å². The quantitative estimate of drug-likeness (QED) is 0.644. The Kier molecular flexibility index (Phi) is 5.89. The van der Waals surface area contributed by atoms with Gasteiger partial charge in [-0.2, -0.15) is 5.21 Å². The Bertz CT molecular complexity index is 858. The van der Waals surface area contributed by atoms with Gasteiger partial charge in [0.05, 0.1) is 0 Å². The Hall–Kier alpha value is -2.69. The van der Waals surface area contributed by atoms with Crippen LogP contribution in [-0.2, 0) is 0 Å². The zero-order chi connectivity index (χ0) is 19.4. The van der Waals surface area contributed by atoms with Gasteiger partial charge in [0.25, 0.3) is 0 Å². The second kappa shape index (κ2) is 8.33. The summed E-state index contributed by atoms with van der Waals surface area (Å²) < 4.78 is 0. The zero-order valence-corrected chi connectivity index (χ0v) is 16.9. The third-order valence-corrected chi connectivity index (χ3v) is 4.53. The number of nitrogens with zero attached hydrogens (tertiary/aromatic N) is 4. The molecule has 0 fully saturated rings. The first-order valence-corrected chi connectivity index (χ1v) is 9.64. The molecule has 3 rings (SSSR count). The first-order valence-electron chi connectivity index (χ1n) is 9.64. The van der Waals surface area contributed by atoms with E-state index in [2.05, 4.69) is 84.4 Å². The summed E-state index contributed by atoms with van der Waals surface area (Å²) in [4.78, 5) is 2.51. The summed E-state index contributed by atoms with van der Waals surface area (Å²) in [6.07, 6.45) is 0. The molecule has 2 aromatic carbocycles. The molecule has 0 radical (unpaired) electrons. The number of hydrogen-bond acceptors (Lipinski definition) is 4. The van der Waals surface area contributed by atoms with Gasteiger partial charge in [0, 0.05) is 24.3 Å². The number of benzene rings is 2. The third-order valence-electron chi connectivity index (χ3n) is 4.53. The van der Waals surface area contributed by atoms with Crippen LogP contribution in [0.5, 0.6) is 0 Å². The summed E-state index contributed by atoms with van der Waals surface area (Å²) in [6, 6.07) is 14.9. The number of nitrogens with one attached hydrogen (secondary N) is 1. The fourth-order valence-corrected chi connectivity index (χ4v) is 3.54. The minimum Gasteiger partial charge on any atom is -0.371 e. The summed E-state index contributed by atoms with van der Waals surface area (Å²) in [7, 11) is 0. The Morgan fingerprint density at radius 1 is 0.926 bits per heavy atom. The van der Waals surface area contributed by atoms with Gasteiger partial charge in [-0.05, 0) is 52.8 Å². The van der Waals surface area contributed by atoms with E-state index in [0.29, 0.717) is 17.7 Å². The number of hydrogen-bond donors (Lipinski definition) is 1. The zero-order valence-electron chi connectivity index (χ0n) is 16.9. The van der Waals surface area contributed by atoms with Crippen LogP contribution in [0, 0.1) is 18.8 Å². The van der Waals surface area contributed by atoms with Crippen molar-refractivity contribution in [3.8, 4) is 22.5 Å². The lowest BCUT2D eigenvalue weighted by Crippen LogP contribution is -2.31. The van der Waals surface area contributed by atoms with E-state index in [0.717, 1.165) is 24.2 Å². The van der Waals surface area contributed by atoms with Gasteiger partial charge in [0.1, 0.15) is 0 Å². The van der Waals surface area contributed by atoms with Crippen LogP contribution < -0.4 is 4.90 Å². The van der Waals surface area contributed by atoms with Crippen LogP contribution in [0.1, 0.15) is 33.3 Å². The smallest absolute Gasteiger partial charge is 0.205 e. The highest BCUT2D eigenvalue weighted by Gasteiger charge is 2.15. The van der Waals surface area contributed by atoms with Gasteiger partial charge < -0.3 is 4.90 Å². The lowest BCUT2D eigenvalue weighted by atomic mass is 9.96. The number of aryl methyl sites for hydroxylation is 1. The van der Waals surface area contributed by atoms with E-state index < -0.39 is 0 Å². The molecule has 1 aromatic heterocycles. The van der Waals surface area contributed by atoms with Gasteiger partial charge in [0.2, 0.25) is 5.82 Å². The molecule has 1 heterocycles. The maximum Gasteiger partial charge on any atom is 0.205 e. The van der Waals surface area contributed by atoms with Crippen LogP contribution in [-0.4, -0.2) is 33.7 Å². The van der Waals surface area contributed by atoms with E-state index in [1.54, 1.807) is 0 Å². The van der Waals surface area contributed by atoms with Crippen LogP contribution in [0.2, 0.25) is 0 Å². The highest BCUT2D eigenvalue weighted by molar-refractivity contribution is 5.81. The van der Waals surface area contributed by atoms with Gasteiger partial charge in [-0.25, -0.2) is 0 Å². The highest BCUT2D eigenvalue weighted by atomic mass is 15.5. The van der Waals surface area contributed by atoms with Gasteiger partial charge in [0.15, 0.2) is 0 Å². The van der Waals surface area contributed by atoms with Crippen molar-refractivity contribution in [2.45, 2.75) is 34.6 Å². The molecule has 1 N–H and O–H groups in total. The van der Waals surface area contributed by atoms with Crippen molar-refractivity contribution in [1.82, 2.24) is 20.6 Å². The number of H-pyrrole nitrogens is 1. The van der Waals surface area contributed by atoms with Gasteiger partial charge in [-0.3, -0.25) is 0 Å². The van der Waals surface area contributed by atoms with Crippen LogP contribution >= 0.6 is 0 Å². The topological polar surface area (TPSA) is 57.7 Å². The number of aromatic nitrogens is 4. The molecule has 5 heteroatoms. The summed E-state index contributed by atoms with van der Waals surface area (Å²) in [5, 5.41) is 14.5. The van der Waals surface area contributed by atoms with E-state index in [1.165, 1.54) is 16.8 Å². The summed E-state index contributed by atoms with van der Waals surface area (Å²) in [5.41, 5.74) is 5.88. The largest absolute Gasteiger partial charge is 0.371 e. The first kappa shape index (κ1) is 19.1. The van der Waals surface area contributed by atoms with Crippen LogP contribution in [0.25, 0.3) is 22.5 Å². The SMILES string of the molecule is Cc1cc(-c2ccccc2-c2nn[nH]n2)ccc1N(CC(C)C)CC(C)C. The molecule has 0 aliphatic rings. The standard InChI is InChI=1S/C22H29N5/c1-15(2)13-27(14-16(3)4)21-11-10-18(12-17(21)5)19-8-6-7-9-20(19)22-23-25-26-24-22/h6-12,15-16H,13-14H2,1-5H3,(H,23,24,25,26). The molecule has 0 saturated carbocycles. The van der Waals surface area contributed by atoms with Crippen molar-refractivity contribution in [2.75, 3.05) is 18.0 Å². The Balaban J connectivity index is 1.98. The van der Waals surface area contributed by atoms with Crippen molar-refractivity contribution in [3.05, 3.63) is 48.0 Å². The molecule has 27 heavy (non-hydrogen) atoms. The molecule has 0 unspecified atom stereocenters. The van der Waals surface area contributed by atoms with E-state index in [1.807, 2.05) is 18.2 Å². The average Bonchev–Trinajstić information content (AvgIpc) is 3.15. The average molecular weight is 364 g/mol. The molecule has 0 atom stereocenters. The third kappa shape index (κ3) is 4.54. The minimum atomic E-state index is 0.619. The molecular formula is C22H29N5. The second-order valence-corrected chi connectivity index (χ2v) is 7.97. The lowest BCUT2D eigenvalue weighted by molar-refractivity contribution is 0.552. The van der Waals surface area contributed by atoms with Gasteiger partial charge in [-0.1, -0.05) is 58.0 Å². The van der Waals surface area contributed by atoms with Gasteiger partial charge in [-0.15, -0.1) is 10.2 Å². The van der Waals surface area contributed by atoms with Crippen LogP contribution in [0.15, 0.2) is 42.5 Å². The van der Waals surface area contributed by atoms with Crippen molar-refractivity contribution in [2.24, 2.45) is 11.8 Å². The molecular weight excluding hydrogens is 334 g/mol. The van der Waals surface area contributed by atoms with Gasteiger partial charge >= 0.3 is 0 Å². The number of tetrazole rings is 1. The molecule has 0 spiro atoms. The monoisotopic (exact) mass is 363 g/mol. The normalized spacial score (nSPS) is 11.4. The maximum absolute atomic E-state index is 4.15. The number of rotatable bonds is 7. The predicted octanol–water partition coefficient (Wildman–Crippen LogP) is 4.96. The second-order valence-electron chi connectivity index (χ2n) is 7.97. The van der Waals surface area contributed by atoms with Crippen molar-refractivity contribution >= 4 is 5.69 Å². The Morgan fingerprint density at radius 3 is 2.15 bits per heavy atom. The maximum atomic E-state index is 4.15. The van der Waals surface area contributed by atoms with E-state index >= 15 is 0 Å².